The van der Waals surface area contributed by atoms with Gasteiger partial charge in [-0.15, -0.1) is 0 Å². The second-order valence-electron chi connectivity index (χ2n) is 3.90. The number of likely N-dealkylation sites (tertiary alicyclic amines) is 1. The van der Waals surface area contributed by atoms with Gasteiger partial charge in [0.05, 0.1) is 12.2 Å². The zero-order valence-electron chi connectivity index (χ0n) is 8.41. The van der Waals surface area contributed by atoms with Crippen molar-refractivity contribution in [1.82, 2.24) is 4.90 Å². The smallest absolute Gasteiger partial charge is 0.389 e. The van der Waals surface area contributed by atoms with Crippen molar-refractivity contribution in [1.29, 1.82) is 5.41 Å². The normalized spacial score (nSPS) is 29.3. The average molecular weight is 241 g/mol. The van der Waals surface area contributed by atoms with E-state index in [2.05, 4.69) is 0 Å². The summed E-state index contributed by atoms with van der Waals surface area (Å²) < 4.78 is 37.3. The summed E-state index contributed by atoms with van der Waals surface area (Å²) in [5.74, 6) is -3.01. The summed E-state index contributed by atoms with van der Waals surface area (Å²) in [4.78, 5) is 1.24. The van der Waals surface area contributed by atoms with Crippen LogP contribution in [-0.4, -0.2) is 59.0 Å². The fraction of sp³-hybridized carbons (Fsp3) is 0.875. The van der Waals surface area contributed by atoms with Gasteiger partial charge in [-0.1, -0.05) is 0 Å². The van der Waals surface area contributed by atoms with E-state index in [4.69, 9.17) is 21.4 Å². The maximum absolute atomic E-state index is 12.4. The lowest BCUT2D eigenvalue weighted by Crippen LogP contribution is -2.43. The molecule has 1 saturated heterocycles. The number of aliphatic hydroxyl groups is 2. The molecule has 8 heteroatoms. The Hall–Kier alpha value is -0.860. The van der Waals surface area contributed by atoms with E-state index in [1.54, 1.807) is 0 Å². The van der Waals surface area contributed by atoms with Crippen LogP contribution < -0.4 is 5.73 Å². The Bertz CT molecular complexity index is 262. The molecule has 1 heterocycles. The summed E-state index contributed by atoms with van der Waals surface area (Å²) in [6.45, 7) is -0.588. The molecule has 1 fully saturated rings. The van der Waals surface area contributed by atoms with E-state index in [0.717, 1.165) is 0 Å². The minimum Gasteiger partial charge on any atom is -0.389 e. The standard InChI is InChI=1S/C8H14F3N3O2/c9-8(10,11)4(7(12)13)1-14-2-5(15)6(16)3-14/h4-6,15-16H,1-3H2,(H3,12,13). The van der Waals surface area contributed by atoms with E-state index in [0.29, 0.717) is 0 Å². The third kappa shape index (κ3) is 3.06. The predicted octanol–water partition coefficient (Wildman–Crippen LogP) is -0.862. The molecular weight excluding hydrogens is 227 g/mol. The van der Waals surface area contributed by atoms with Gasteiger partial charge in [0.2, 0.25) is 0 Å². The van der Waals surface area contributed by atoms with Gasteiger partial charge in [-0.25, -0.2) is 0 Å². The first-order chi connectivity index (χ1) is 7.21. The Balaban J connectivity index is 2.61. The third-order valence-corrected chi connectivity index (χ3v) is 2.55. The Morgan fingerprint density at radius 3 is 2.12 bits per heavy atom. The zero-order valence-corrected chi connectivity index (χ0v) is 8.41. The Morgan fingerprint density at radius 1 is 1.38 bits per heavy atom. The van der Waals surface area contributed by atoms with E-state index in [-0.39, 0.29) is 13.1 Å². The number of nitrogens with zero attached hydrogens (tertiary/aromatic N) is 1. The zero-order chi connectivity index (χ0) is 12.5. The maximum atomic E-state index is 12.4. The molecule has 0 aromatic rings. The highest BCUT2D eigenvalue weighted by molar-refractivity contribution is 5.80. The highest BCUT2D eigenvalue weighted by atomic mass is 19.4. The van der Waals surface area contributed by atoms with Gasteiger partial charge < -0.3 is 15.9 Å². The van der Waals surface area contributed by atoms with Crippen LogP contribution in [0, 0.1) is 11.3 Å². The predicted molar refractivity (Wildman–Crippen MR) is 49.9 cm³/mol. The number of alkyl halides is 3. The van der Waals surface area contributed by atoms with Gasteiger partial charge in [0.15, 0.2) is 0 Å². The number of rotatable bonds is 3. The molecule has 5 N–H and O–H groups in total. The van der Waals surface area contributed by atoms with E-state index in [1.165, 1.54) is 4.90 Å². The van der Waals surface area contributed by atoms with Crippen molar-refractivity contribution in [2.75, 3.05) is 19.6 Å². The summed E-state index contributed by atoms with van der Waals surface area (Å²) in [5, 5.41) is 25.2. The van der Waals surface area contributed by atoms with Crippen molar-refractivity contribution >= 4 is 5.84 Å². The van der Waals surface area contributed by atoms with Crippen LogP contribution in [0.25, 0.3) is 0 Å². The number of halogens is 3. The first kappa shape index (κ1) is 13.2. The van der Waals surface area contributed by atoms with Gasteiger partial charge in [-0.2, -0.15) is 13.2 Å². The number of hydrogen-bond donors (Lipinski definition) is 4. The van der Waals surface area contributed by atoms with E-state index in [1.807, 2.05) is 0 Å². The van der Waals surface area contributed by atoms with E-state index >= 15 is 0 Å². The topological polar surface area (TPSA) is 93.6 Å². The van der Waals surface area contributed by atoms with Crippen molar-refractivity contribution in [2.24, 2.45) is 11.7 Å². The molecule has 1 rings (SSSR count). The summed E-state index contributed by atoms with van der Waals surface area (Å²) in [6, 6.07) is 0. The number of nitrogens with one attached hydrogen (secondary N) is 1. The molecule has 3 unspecified atom stereocenters. The molecule has 0 spiro atoms. The number of hydrogen-bond acceptors (Lipinski definition) is 4. The fourth-order valence-corrected chi connectivity index (χ4v) is 1.63. The number of β-amino-alcohol motifs (C(OH)–C–C–N with tert-alkyl or cyclic N) is 2. The summed E-state index contributed by atoms with van der Waals surface area (Å²) in [7, 11) is 0. The molecule has 1 aliphatic rings. The quantitative estimate of drug-likeness (QED) is 0.382. The van der Waals surface area contributed by atoms with Crippen molar-refractivity contribution < 1.29 is 23.4 Å². The van der Waals surface area contributed by atoms with Gasteiger partial charge in [0.1, 0.15) is 11.8 Å². The van der Waals surface area contributed by atoms with Gasteiger partial charge in [0.25, 0.3) is 0 Å². The molecule has 0 radical (unpaired) electrons. The van der Waals surface area contributed by atoms with Gasteiger partial charge in [-0.05, 0) is 0 Å². The highest BCUT2D eigenvalue weighted by Gasteiger charge is 2.44. The van der Waals surface area contributed by atoms with Crippen LogP contribution in [0.1, 0.15) is 0 Å². The van der Waals surface area contributed by atoms with Gasteiger partial charge in [-0.3, -0.25) is 10.3 Å². The number of amidine groups is 1. The molecule has 0 bridgehead atoms. The average Bonchev–Trinajstić information content (AvgIpc) is 2.40. The Kier molecular flexibility index (Phi) is 3.76. The molecule has 3 atom stereocenters. The van der Waals surface area contributed by atoms with Crippen LogP contribution in [0.4, 0.5) is 13.2 Å². The maximum Gasteiger partial charge on any atom is 0.399 e. The first-order valence-electron chi connectivity index (χ1n) is 4.71. The molecule has 0 aromatic heterocycles. The SMILES string of the molecule is N=C(N)C(CN1CC(O)C(O)C1)C(F)(F)F. The summed E-state index contributed by atoms with van der Waals surface area (Å²) >= 11 is 0. The molecule has 94 valence electrons. The van der Waals surface area contributed by atoms with Crippen LogP contribution in [-0.2, 0) is 0 Å². The molecule has 0 aliphatic carbocycles. The van der Waals surface area contributed by atoms with Crippen LogP contribution in [0.5, 0.6) is 0 Å². The molecule has 0 saturated carbocycles. The molecule has 0 amide bonds. The summed E-state index contributed by atoms with van der Waals surface area (Å²) in [6.07, 6.45) is -6.66. The summed E-state index contributed by atoms with van der Waals surface area (Å²) in [5.41, 5.74) is 4.88. The highest BCUT2D eigenvalue weighted by Crippen LogP contribution is 2.27. The van der Waals surface area contributed by atoms with Crippen LogP contribution >= 0.6 is 0 Å². The van der Waals surface area contributed by atoms with Gasteiger partial charge in [0, 0.05) is 19.6 Å². The van der Waals surface area contributed by atoms with Crippen molar-refractivity contribution in [3.8, 4) is 0 Å². The van der Waals surface area contributed by atoms with Gasteiger partial charge >= 0.3 is 6.18 Å². The Morgan fingerprint density at radius 2 is 1.81 bits per heavy atom. The second-order valence-corrected chi connectivity index (χ2v) is 3.90. The van der Waals surface area contributed by atoms with E-state index in [9.17, 15) is 13.2 Å². The Labute approximate surface area is 90.2 Å². The van der Waals surface area contributed by atoms with Crippen LogP contribution in [0.3, 0.4) is 0 Å². The number of nitrogens with two attached hydrogens (primary N) is 1. The van der Waals surface area contributed by atoms with E-state index < -0.39 is 36.7 Å². The lowest BCUT2D eigenvalue weighted by molar-refractivity contribution is -0.159. The lowest BCUT2D eigenvalue weighted by atomic mass is 10.1. The first-order valence-corrected chi connectivity index (χ1v) is 4.71. The van der Waals surface area contributed by atoms with Crippen molar-refractivity contribution in [3.05, 3.63) is 0 Å². The van der Waals surface area contributed by atoms with Crippen molar-refractivity contribution in [2.45, 2.75) is 18.4 Å². The molecule has 16 heavy (non-hydrogen) atoms. The fourth-order valence-electron chi connectivity index (χ4n) is 1.63. The minimum atomic E-state index is -4.58. The second kappa shape index (κ2) is 4.56. The largest absolute Gasteiger partial charge is 0.399 e. The third-order valence-electron chi connectivity index (χ3n) is 2.55. The number of aliphatic hydroxyl groups excluding tert-OH is 2. The molecule has 0 aromatic carbocycles. The monoisotopic (exact) mass is 241 g/mol. The van der Waals surface area contributed by atoms with Crippen molar-refractivity contribution in [3.63, 3.8) is 0 Å². The minimum absolute atomic E-state index is 0.0406. The molecular formula is C8H14F3N3O2. The molecule has 5 nitrogen and oxygen atoms in total. The molecule has 1 aliphatic heterocycles. The van der Waals surface area contributed by atoms with Crippen LogP contribution in [0.2, 0.25) is 0 Å². The van der Waals surface area contributed by atoms with Crippen LogP contribution in [0.15, 0.2) is 0 Å². The lowest BCUT2D eigenvalue weighted by Gasteiger charge is -2.24.